The highest BCUT2D eigenvalue weighted by Crippen LogP contribution is 2.39. The number of hydrogen-bond acceptors (Lipinski definition) is 3. The van der Waals surface area contributed by atoms with Crippen LogP contribution in [0.5, 0.6) is 0 Å². The van der Waals surface area contributed by atoms with E-state index in [-0.39, 0.29) is 23.6 Å². The zero-order chi connectivity index (χ0) is 21.5. The van der Waals surface area contributed by atoms with E-state index < -0.39 is 11.8 Å². The number of hydrogen-bond donors (Lipinski definition) is 1. The van der Waals surface area contributed by atoms with Crippen LogP contribution in [0.2, 0.25) is 0 Å². The van der Waals surface area contributed by atoms with Crippen molar-refractivity contribution in [3.05, 3.63) is 35.4 Å². The van der Waals surface area contributed by atoms with Crippen LogP contribution in [0.1, 0.15) is 67.8 Å². The lowest BCUT2D eigenvalue weighted by Crippen LogP contribution is -2.49. The quantitative estimate of drug-likeness (QED) is 0.740. The lowest BCUT2D eigenvalue weighted by Gasteiger charge is -2.41. The first-order valence-corrected chi connectivity index (χ1v) is 11.1. The minimum Gasteiger partial charge on any atom is -0.376 e. The number of rotatable bonds is 6. The van der Waals surface area contributed by atoms with Gasteiger partial charge < -0.3 is 14.9 Å². The molecule has 4 nitrogen and oxygen atoms in total. The summed E-state index contributed by atoms with van der Waals surface area (Å²) in [5.41, 5.74) is -2.80. The number of nitrogens with zero attached hydrogens (tertiary/aromatic N) is 2. The number of amides is 1. The molecule has 1 unspecified atom stereocenters. The van der Waals surface area contributed by atoms with E-state index in [0.717, 1.165) is 51.6 Å². The summed E-state index contributed by atoms with van der Waals surface area (Å²) in [6, 6.07) is 5.71. The smallest absolute Gasteiger partial charge is 0.376 e. The monoisotopic (exact) mass is 424 g/mol. The van der Waals surface area contributed by atoms with E-state index in [2.05, 4.69) is 4.90 Å². The molecule has 166 valence electrons. The second-order valence-corrected chi connectivity index (χ2v) is 9.42. The summed E-state index contributed by atoms with van der Waals surface area (Å²) in [4.78, 5) is 17.7. The van der Waals surface area contributed by atoms with Crippen molar-refractivity contribution in [2.24, 2.45) is 5.92 Å². The first kappa shape index (κ1) is 21.6. The molecule has 1 amide bonds. The van der Waals surface area contributed by atoms with Crippen LogP contribution in [-0.4, -0.2) is 58.7 Å². The molecule has 7 heteroatoms. The number of likely N-dealkylation sites (tertiary alicyclic amines) is 1. The normalized spacial score (nSPS) is 23.6. The van der Waals surface area contributed by atoms with Crippen molar-refractivity contribution in [2.45, 2.75) is 75.7 Å². The van der Waals surface area contributed by atoms with Crippen LogP contribution in [-0.2, 0) is 5.60 Å². The first-order chi connectivity index (χ1) is 14.2. The van der Waals surface area contributed by atoms with Crippen LogP contribution in [0, 0.1) is 5.92 Å². The van der Waals surface area contributed by atoms with Crippen molar-refractivity contribution >= 4 is 5.91 Å². The predicted octanol–water partition coefficient (Wildman–Crippen LogP) is 4.33. The van der Waals surface area contributed by atoms with E-state index in [1.807, 2.05) is 4.90 Å². The van der Waals surface area contributed by atoms with Crippen molar-refractivity contribution in [1.82, 2.24) is 9.80 Å². The molecule has 30 heavy (non-hydrogen) atoms. The maximum Gasteiger partial charge on any atom is 0.421 e. The summed E-state index contributed by atoms with van der Waals surface area (Å²) in [6.45, 7) is 3.92. The van der Waals surface area contributed by atoms with Crippen LogP contribution in [0.3, 0.4) is 0 Å². The van der Waals surface area contributed by atoms with Gasteiger partial charge in [0.25, 0.3) is 5.91 Å². The average molecular weight is 425 g/mol. The van der Waals surface area contributed by atoms with Crippen LogP contribution in [0.4, 0.5) is 13.2 Å². The summed E-state index contributed by atoms with van der Waals surface area (Å²) in [5, 5.41) is 9.85. The summed E-state index contributed by atoms with van der Waals surface area (Å²) in [7, 11) is 0. The minimum atomic E-state index is -4.77. The Morgan fingerprint density at radius 2 is 1.60 bits per heavy atom. The Kier molecular flexibility index (Phi) is 5.88. The van der Waals surface area contributed by atoms with Gasteiger partial charge in [-0.3, -0.25) is 4.79 Å². The highest BCUT2D eigenvalue weighted by molar-refractivity contribution is 5.95. The molecule has 0 spiro atoms. The third-order valence-corrected chi connectivity index (χ3v) is 7.11. The van der Waals surface area contributed by atoms with Crippen LogP contribution in [0.25, 0.3) is 0 Å². The maximum absolute atomic E-state index is 13.2. The standard InChI is InChI=1S/C23H31F3N2O2/c1-22(30,23(24,25)26)18-7-5-17(6-8-18)21(29)28(19-9-10-19)20-11-13-27(14-12-20)15-16-3-2-4-16/h5-8,16,19-20,30H,2-4,9-15H2,1H3. The fraction of sp³-hybridized carbons (Fsp3) is 0.696. The van der Waals surface area contributed by atoms with Gasteiger partial charge in [-0.1, -0.05) is 18.6 Å². The number of piperidine rings is 1. The molecule has 2 aliphatic carbocycles. The summed E-state index contributed by atoms with van der Waals surface area (Å²) < 4.78 is 39.2. The molecule has 1 atom stereocenters. The van der Waals surface area contributed by atoms with Gasteiger partial charge in [-0.2, -0.15) is 13.2 Å². The van der Waals surface area contributed by atoms with Gasteiger partial charge in [0.05, 0.1) is 0 Å². The van der Waals surface area contributed by atoms with Crippen molar-refractivity contribution in [3.8, 4) is 0 Å². The molecule has 1 aromatic rings. The van der Waals surface area contributed by atoms with Gasteiger partial charge in [-0.15, -0.1) is 0 Å². The lowest BCUT2D eigenvalue weighted by atomic mass is 9.84. The number of aliphatic hydroxyl groups is 1. The van der Waals surface area contributed by atoms with Gasteiger partial charge in [-0.25, -0.2) is 0 Å². The molecular formula is C23H31F3N2O2. The molecule has 3 aliphatic rings. The largest absolute Gasteiger partial charge is 0.421 e. The number of alkyl halides is 3. The summed E-state index contributed by atoms with van der Waals surface area (Å²) in [5.74, 6) is 0.739. The summed E-state index contributed by atoms with van der Waals surface area (Å²) >= 11 is 0. The zero-order valence-corrected chi connectivity index (χ0v) is 17.5. The highest BCUT2D eigenvalue weighted by atomic mass is 19.4. The Bertz CT molecular complexity index is 747. The van der Waals surface area contributed by atoms with Gasteiger partial charge in [0.1, 0.15) is 0 Å². The molecule has 1 N–H and O–H groups in total. The minimum absolute atomic E-state index is 0.104. The molecule has 0 aromatic heterocycles. The van der Waals surface area contributed by atoms with E-state index in [9.17, 15) is 23.1 Å². The molecule has 1 aliphatic heterocycles. The van der Waals surface area contributed by atoms with E-state index in [0.29, 0.717) is 5.56 Å². The Balaban J connectivity index is 1.42. The fourth-order valence-corrected chi connectivity index (χ4v) is 4.65. The molecule has 1 aromatic carbocycles. The average Bonchev–Trinajstić information content (AvgIpc) is 3.50. The van der Waals surface area contributed by atoms with Gasteiger partial charge in [0.2, 0.25) is 0 Å². The molecule has 1 saturated heterocycles. The Labute approximate surface area is 176 Å². The van der Waals surface area contributed by atoms with Gasteiger partial charge in [-0.05, 0) is 69.1 Å². The van der Waals surface area contributed by atoms with Crippen LogP contribution in [0.15, 0.2) is 24.3 Å². The Hall–Kier alpha value is -1.60. The number of benzene rings is 1. The predicted molar refractivity (Wildman–Crippen MR) is 108 cm³/mol. The number of carbonyl (C=O) groups excluding carboxylic acids is 1. The SMILES string of the molecule is CC(O)(c1ccc(C(=O)N(C2CC2)C2CCN(CC3CCC3)CC2)cc1)C(F)(F)F. The van der Waals surface area contributed by atoms with Crippen molar-refractivity contribution in [3.63, 3.8) is 0 Å². The molecule has 4 rings (SSSR count). The van der Waals surface area contributed by atoms with Crippen molar-refractivity contribution < 1.29 is 23.1 Å². The van der Waals surface area contributed by atoms with Crippen molar-refractivity contribution in [1.29, 1.82) is 0 Å². The first-order valence-electron chi connectivity index (χ1n) is 11.1. The molecule has 0 bridgehead atoms. The fourth-order valence-electron chi connectivity index (χ4n) is 4.65. The summed E-state index contributed by atoms with van der Waals surface area (Å²) in [6.07, 6.45) is 3.15. The van der Waals surface area contributed by atoms with Gasteiger partial charge in [0, 0.05) is 37.3 Å². The second kappa shape index (κ2) is 8.15. The van der Waals surface area contributed by atoms with Gasteiger partial charge >= 0.3 is 6.18 Å². The molecule has 0 radical (unpaired) electrons. The third kappa shape index (κ3) is 4.37. The van der Waals surface area contributed by atoms with Crippen LogP contribution < -0.4 is 0 Å². The van der Waals surface area contributed by atoms with Crippen molar-refractivity contribution in [2.75, 3.05) is 19.6 Å². The highest BCUT2D eigenvalue weighted by Gasteiger charge is 2.51. The lowest BCUT2D eigenvalue weighted by molar-refractivity contribution is -0.258. The zero-order valence-electron chi connectivity index (χ0n) is 17.5. The maximum atomic E-state index is 13.2. The second-order valence-electron chi connectivity index (χ2n) is 9.42. The molecule has 1 heterocycles. The molecule has 2 saturated carbocycles. The Morgan fingerprint density at radius 1 is 1.03 bits per heavy atom. The number of carbonyl (C=O) groups is 1. The van der Waals surface area contributed by atoms with E-state index >= 15 is 0 Å². The van der Waals surface area contributed by atoms with E-state index in [4.69, 9.17) is 0 Å². The van der Waals surface area contributed by atoms with Gasteiger partial charge in [0.15, 0.2) is 5.60 Å². The van der Waals surface area contributed by atoms with E-state index in [1.165, 1.54) is 50.1 Å². The van der Waals surface area contributed by atoms with E-state index in [1.54, 1.807) is 0 Å². The molecular weight excluding hydrogens is 393 g/mol. The Morgan fingerprint density at radius 3 is 2.07 bits per heavy atom. The number of halogens is 3. The third-order valence-electron chi connectivity index (χ3n) is 7.11. The molecule has 3 fully saturated rings. The topological polar surface area (TPSA) is 43.8 Å². The van der Waals surface area contributed by atoms with Crippen LogP contribution >= 0.6 is 0 Å².